The van der Waals surface area contributed by atoms with E-state index < -0.39 is 0 Å². The molecule has 0 fully saturated rings. The van der Waals surface area contributed by atoms with Crippen molar-refractivity contribution in [3.05, 3.63) is 30.1 Å². The second-order valence-corrected chi connectivity index (χ2v) is 5.81. The van der Waals surface area contributed by atoms with Crippen LogP contribution in [0, 0.1) is 5.92 Å². The predicted octanol–water partition coefficient (Wildman–Crippen LogP) is 4.36. The van der Waals surface area contributed by atoms with Crippen LogP contribution in [-0.2, 0) is 13.1 Å². The number of hydrogen-bond acceptors (Lipinski definition) is 2. The zero-order valence-electron chi connectivity index (χ0n) is 13.7. The van der Waals surface area contributed by atoms with Crippen LogP contribution in [0.5, 0.6) is 0 Å². The predicted molar refractivity (Wildman–Crippen MR) is 90.4 cm³/mol. The molecule has 116 valence electrons. The van der Waals surface area contributed by atoms with Crippen molar-refractivity contribution < 1.29 is 0 Å². The van der Waals surface area contributed by atoms with Crippen LogP contribution in [0.3, 0.4) is 0 Å². The molecule has 0 saturated heterocycles. The fourth-order valence-electron chi connectivity index (χ4n) is 2.94. The molecule has 0 radical (unpaired) electrons. The highest BCUT2D eigenvalue weighted by Crippen LogP contribution is 2.16. The zero-order chi connectivity index (χ0) is 15.1. The molecule has 0 aliphatic carbocycles. The molecule has 1 aromatic carbocycles. The maximum Gasteiger partial charge on any atom is 0.123 e. The molecule has 1 aromatic heterocycles. The lowest BCUT2D eigenvalue weighted by molar-refractivity contribution is 0.415. The minimum Gasteiger partial charge on any atom is -0.327 e. The van der Waals surface area contributed by atoms with Gasteiger partial charge in [0, 0.05) is 6.54 Å². The van der Waals surface area contributed by atoms with Gasteiger partial charge in [0.05, 0.1) is 17.6 Å². The van der Waals surface area contributed by atoms with E-state index in [2.05, 4.69) is 54.9 Å². The van der Waals surface area contributed by atoms with E-state index in [1.165, 1.54) is 31.2 Å². The third kappa shape index (κ3) is 4.07. The van der Waals surface area contributed by atoms with E-state index in [1.54, 1.807) is 0 Å². The second-order valence-electron chi connectivity index (χ2n) is 5.81. The highest BCUT2D eigenvalue weighted by molar-refractivity contribution is 5.75. The lowest BCUT2D eigenvalue weighted by Gasteiger charge is -2.15. The van der Waals surface area contributed by atoms with Crippen LogP contribution in [0.2, 0.25) is 0 Å². The van der Waals surface area contributed by atoms with Gasteiger partial charge in [-0.1, -0.05) is 45.2 Å². The Bertz CT molecular complexity index is 544. The maximum absolute atomic E-state index is 4.77. The Morgan fingerprint density at radius 2 is 2.00 bits per heavy atom. The summed E-state index contributed by atoms with van der Waals surface area (Å²) in [6, 6.07) is 8.40. The standard InChI is InChI=1S/C18H29N3/c1-4-7-10-15(5-2)13-19-14-18-20-16-11-8-9-12-17(16)21(18)6-3/h8-9,11-12,15,19H,4-7,10,13-14H2,1-3H3. The first-order chi connectivity index (χ1) is 10.3. The molecule has 0 bridgehead atoms. The Morgan fingerprint density at radius 1 is 1.19 bits per heavy atom. The number of fused-ring (bicyclic) bond motifs is 1. The summed E-state index contributed by atoms with van der Waals surface area (Å²) < 4.78 is 2.31. The van der Waals surface area contributed by atoms with Crippen LogP contribution in [0.15, 0.2) is 24.3 Å². The number of aromatic nitrogens is 2. The number of hydrogen-bond donors (Lipinski definition) is 1. The molecule has 0 spiro atoms. The summed E-state index contributed by atoms with van der Waals surface area (Å²) in [5, 5.41) is 3.61. The first kappa shape index (κ1) is 16.0. The van der Waals surface area contributed by atoms with Crippen molar-refractivity contribution in [2.24, 2.45) is 5.92 Å². The Hall–Kier alpha value is -1.35. The second kappa shape index (κ2) is 8.18. The molecule has 2 aromatic rings. The van der Waals surface area contributed by atoms with E-state index in [1.807, 2.05) is 0 Å². The van der Waals surface area contributed by atoms with Crippen LogP contribution < -0.4 is 5.32 Å². The van der Waals surface area contributed by atoms with E-state index >= 15 is 0 Å². The molecule has 21 heavy (non-hydrogen) atoms. The van der Waals surface area contributed by atoms with Gasteiger partial charge < -0.3 is 9.88 Å². The van der Waals surface area contributed by atoms with Crippen molar-refractivity contribution in [1.29, 1.82) is 0 Å². The summed E-state index contributed by atoms with van der Waals surface area (Å²) in [6.45, 7) is 9.69. The third-order valence-electron chi connectivity index (χ3n) is 4.31. The highest BCUT2D eigenvalue weighted by Gasteiger charge is 2.10. The lowest BCUT2D eigenvalue weighted by Crippen LogP contribution is -2.24. The number of para-hydroxylation sites is 2. The van der Waals surface area contributed by atoms with Crippen LogP contribution in [0.4, 0.5) is 0 Å². The topological polar surface area (TPSA) is 29.9 Å². The fourth-order valence-corrected chi connectivity index (χ4v) is 2.94. The smallest absolute Gasteiger partial charge is 0.123 e. The molecule has 1 N–H and O–H groups in total. The number of unbranched alkanes of at least 4 members (excludes halogenated alkanes) is 1. The molecule has 0 aliphatic rings. The highest BCUT2D eigenvalue weighted by atomic mass is 15.1. The van der Waals surface area contributed by atoms with Gasteiger partial charge >= 0.3 is 0 Å². The first-order valence-corrected chi connectivity index (χ1v) is 8.44. The number of aryl methyl sites for hydroxylation is 1. The quantitative estimate of drug-likeness (QED) is 0.742. The Kier molecular flexibility index (Phi) is 6.24. The number of rotatable bonds is 9. The van der Waals surface area contributed by atoms with Crippen molar-refractivity contribution in [3.8, 4) is 0 Å². The number of imidazole rings is 1. The summed E-state index contributed by atoms with van der Waals surface area (Å²) in [4.78, 5) is 4.77. The Labute approximate surface area is 128 Å². The molecular formula is C18H29N3. The van der Waals surface area contributed by atoms with E-state index in [0.29, 0.717) is 0 Å². The molecule has 1 heterocycles. The van der Waals surface area contributed by atoms with Crippen molar-refractivity contribution in [2.75, 3.05) is 6.54 Å². The fraction of sp³-hybridized carbons (Fsp3) is 0.611. The van der Waals surface area contributed by atoms with Crippen molar-refractivity contribution in [2.45, 2.75) is 59.5 Å². The summed E-state index contributed by atoms with van der Waals surface area (Å²) >= 11 is 0. The Balaban J connectivity index is 1.96. The molecular weight excluding hydrogens is 258 g/mol. The van der Waals surface area contributed by atoms with E-state index in [9.17, 15) is 0 Å². The molecule has 0 aliphatic heterocycles. The van der Waals surface area contributed by atoms with Gasteiger partial charge in [0.25, 0.3) is 0 Å². The van der Waals surface area contributed by atoms with E-state index in [-0.39, 0.29) is 0 Å². The summed E-state index contributed by atoms with van der Waals surface area (Å²) in [6.07, 6.45) is 5.23. The SMILES string of the molecule is CCCCC(CC)CNCc1nc2ccccc2n1CC. The third-order valence-corrected chi connectivity index (χ3v) is 4.31. The van der Waals surface area contributed by atoms with Gasteiger partial charge in [-0.25, -0.2) is 4.98 Å². The van der Waals surface area contributed by atoms with Crippen molar-refractivity contribution in [1.82, 2.24) is 14.9 Å². The average molecular weight is 287 g/mol. The first-order valence-electron chi connectivity index (χ1n) is 8.44. The average Bonchev–Trinajstić information content (AvgIpc) is 2.88. The minimum absolute atomic E-state index is 0.796. The van der Waals surface area contributed by atoms with Crippen LogP contribution >= 0.6 is 0 Å². The minimum atomic E-state index is 0.796. The zero-order valence-corrected chi connectivity index (χ0v) is 13.7. The number of benzene rings is 1. The molecule has 3 nitrogen and oxygen atoms in total. The Morgan fingerprint density at radius 3 is 2.71 bits per heavy atom. The van der Waals surface area contributed by atoms with Crippen LogP contribution in [0.25, 0.3) is 11.0 Å². The molecule has 3 heteroatoms. The molecule has 2 rings (SSSR count). The molecule has 0 amide bonds. The van der Waals surface area contributed by atoms with Crippen molar-refractivity contribution >= 4 is 11.0 Å². The summed E-state index contributed by atoms with van der Waals surface area (Å²) in [5.41, 5.74) is 2.35. The van der Waals surface area contributed by atoms with Gasteiger partial charge in [-0.05, 0) is 37.9 Å². The van der Waals surface area contributed by atoms with Gasteiger partial charge in [0.15, 0.2) is 0 Å². The molecule has 0 saturated carbocycles. The maximum atomic E-state index is 4.77. The number of nitrogens with one attached hydrogen (secondary N) is 1. The van der Waals surface area contributed by atoms with Crippen molar-refractivity contribution in [3.63, 3.8) is 0 Å². The summed E-state index contributed by atoms with van der Waals surface area (Å²) in [5.74, 6) is 1.95. The lowest BCUT2D eigenvalue weighted by atomic mass is 9.99. The van der Waals surface area contributed by atoms with Gasteiger partial charge in [-0.15, -0.1) is 0 Å². The largest absolute Gasteiger partial charge is 0.327 e. The monoisotopic (exact) mass is 287 g/mol. The van der Waals surface area contributed by atoms with Gasteiger partial charge in [0.1, 0.15) is 5.82 Å². The van der Waals surface area contributed by atoms with Gasteiger partial charge in [0.2, 0.25) is 0 Å². The molecule has 1 atom stereocenters. The number of nitrogens with zero attached hydrogens (tertiary/aromatic N) is 2. The molecule has 1 unspecified atom stereocenters. The van der Waals surface area contributed by atoms with E-state index in [0.717, 1.165) is 36.9 Å². The summed E-state index contributed by atoms with van der Waals surface area (Å²) in [7, 11) is 0. The normalized spacial score (nSPS) is 12.9. The van der Waals surface area contributed by atoms with Gasteiger partial charge in [-0.2, -0.15) is 0 Å². The van der Waals surface area contributed by atoms with E-state index in [4.69, 9.17) is 4.98 Å². The van der Waals surface area contributed by atoms with Gasteiger partial charge in [-0.3, -0.25) is 0 Å². The van der Waals surface area contributed by atoms with Crippen LogP contribution in [-0.4, -0.2) is 16.1 Å². The van der Waals surface area contributed by atoms with Crippen LogP contribution in [0.1, 0.15) is 52.3 Å².